The Bertz CT molecular complexity index is 1330. The van der Waals surface area contributed by atoms with E-state index in [-0.39, 0.29) is 5.41 Å². The van der Waals surface area contributed by atoms with Gasteiger partial charge in [-0.3, -0.25) is 0 Å². The van der Waals surface area contributed by atoms with Crippen molar-refractivity contribution >= 4 is 11.6 Å². The van der Waals surface area contributed by atoms with Crippen LogP contribution in [0.5, 0.6) is 0 Å². The second-order valence-corrected chi connectivity index (χ2v) is 9.92. The first-order valence-corrected chi connectivity index (χ1v) is 12.2. The standard InChI is InChI=1S/C34H32/c1-5-9-25-12-14-27(15-13-25)33-23-29-22-28(18-21-32(29)24(33)2)26-16-19-31(20-17-26)34(3,4)30-10-7-6-8-11-30/h5-8,10-24H,1,9H2,2-4H3. The van der Waals surface area contributed by atoms with Gasteiger partial charge in [0, 0.05) is 11.3 Å². The topological polar surface area (TPSA) is 0 Å². The number of benzene rings is 4. The van der Waals surface area contributed by atoms with Crippen molar-refractivity contribution in [2.75, 3.05) is 0 Å². The molecule has 168 valence electrons. The molecule has 0 nitrogen and oxygen atoms in total. The van der Waals surface area contributed by atoms with Crippen LogP contribution in [0.3, 0.4) is 0 Å². The van der Waals surface area contributed by atoms with Crippen molar-refractivity contribution in [3.8, 4) is 11.1 Å². The molecule has 0 heterocycles. The van der Waals surface area contributed by atoms with Crippen LogP contribution in [0.2, 0.25) is 0 Å². The molecule has 0 heteroatoms. The van der Waals surface area contributed by atoms with Crippen LogP contribution in [0.1, 0.15) is 60.1 Å². The van der Waals surface area contributed by atoms with Crippen molar-refractivity contribution < 1.29 is 0 Å². The zero-order valence-electron chi connectivity index (χ0n) is 20.4. The van der Waals surface area contributed by atoms with E-state index in [1.54, 1.807) is 0 Å². The average Bonchev–Trinajstić information content (AvgIpc) is 3.21. The Morgan fingerprint density at radius 2 is 1.35 bits per heavy atom. The summed E-state index contributed by atoms with van der Waals surface area (Å²) < 4.78 is 0. The van der Waals surface area contributed by atoms with E-state index < -0.39 is 0 Å². The summed E-state index contributed by atoms with van der Waals surface area (Å²) in [5.74, 6) is 0.406. The summed E-state index contributed by atoms with van der Waals surface area (Å²) in [6.07, 6.45) is 5.25. The normalized spacial score (nSPS) is 15.0. The lowest BCUT2D eigenvalue weighted by Crippen LogP contribution is -2.18. The summed E-state index contributed by atoms with van der Waals surface area (Å²) in [5.41, 5.74) is 12.0. The molecular formula is C34H32. The second-order valence-electron chi connectivity index (χ2n) is 9.92. The fourth-order valence-electron chi connectivity index (χ4n) is 5.17. The zero-order valence-corrected chi connectivity index (χ0v) is 20.4. The summed E-state index contributed by atoms with van der Waals surface area (Å²) in [5, 5.41) is 0. The minimum Gasteiger partial charge on any atom is -0.103 e. The van der Waals surface area contributed by atoms with Crippen LogP contribution in [0.25, 0.3) is 22.8 Å². The van der Waals surface area contributed by atoms with Crippen LogP contribution in [0.15, 0.2) is 110 Å². The number of hydrogen-bond acceptors (Lipinski definition) is 0. The van der Waals surface area contributed by atoms with Gasteiger partial charge in [0.15, 0.2) is 0 Å². The van der Waals surface area contributed by atoms with E-state index in [1.165, 1.54) is 50.1 Å². The molecule has 0 radical (unpaired) electrons. The van der Waals surface area contributed by atoms with Crippen LogP contribution < -0.4 is 0 Å². The third-order valence-corrected chi connectivity index (χ3v) is 7.43. The Balaban J connectivity index is 1.42. The molecule has 34 heavy (non-hydrogen) atoms. The van der Waals surface area contributed by atoms with Crippen molar-refractivity contribution in [1.82, 2.24) is 0 Å². The molecular weight excluding hydrogens is 408 g/mol. The third kappa shape index (κ3) is 4.05. The molecule has 0 bridgehead atoms. The van der Waals surface area contributed by atoms with Crippen LogP contribution in [-0.4, -0.2) is 0 Å². The predicted octanol–water partition coefficient (Wildman–Crippen LogP) is 9.07. The Labute approximate surface area is 204 Å². The first-order valence-electron chi connectivity index (χ1n) is 12.2. The van der Waals surface area contributed by atoms with Crippen molar-refractivity contribution in [3.63, 3.8) is 0 Å². The molecule has 4 aromatic carbocycles. The number of rotatable bonds is 6. The van der Waals surface area contributed by atoms with E-state index in [0.29, 0.717) is 5.92 Å². The molecule has 0 spiro atoms. The largest absolute Gasteiger partial charge is 0.103 e. The summed E-state index contributed by atoms with van der Waals surface area (Å²) in [6, 6.07) is 35.7. The van der Waals surface area contributed by atoms with Crippen molar-refractivity contribution in [2.45, 2.75) is 38.5 Å². The van der Waals surface area contributed by atoms with Crippen LogP contribution in [0.4, 0.5) is 0 Å². The van der Waals surface area contributed by atoms with Gasteiger partial charge in [-0.05, 0) is 62.6 Å². The second kappa shape index (κ2) is 8.95. The molecule has 1 atom stereocenters. The van der Waals surface area contributed by atoms with Crippen molar-refractivity contribution in [1.29, 1.82) is 0 Å². The summed E-state index contributed by atoms with van der Waals surface area (Å²) >= 11 is 0. The molecule has 0 saturated carbocycles. The molecule has 1 unspecified atom stereocenters. The molecule has 0 amide bonds. The van der Waals surface area contributed by atoms with Gasteiger partial charge < -0.3 is 0 Å². The van der Waals surface area contributed by atoms with Crippen LogP contribution in [-0.2, 0) is 11.8 Å². The molecule has 1 aliphatic carbocycles. The highest BCUT2D eigenvalue weighted by Gasteiger charge is 2.24. The molecule has 0 fully saturated rings. The molecule has 5 rings (SSSR count). The maximum atomic E-state index is 3.85. The van der Waals surface area contributed by atoms with E-state index in [1.807, 2.05) is 6.08 Å². The summed E-state index contributed by atoms with van der Waals surface area (Å²) in [7, 11) is 0. The van der Waals surface area contributed by atoms with E-state index in [2.05, 4.69) is 130 Å². The predicted molar refractivity (Wildman–Crippen MR) is 147 cm³/mol. The molecule has 1 aliphatic rings. The maximum absolute atomic E-state index is 3.85. The first-order chi connectivity index (χ1) is 16.5. The summed E-state index contributed by atoms with van der Waals surface area (Å²) in [4.78, 5) is 0. The maximum Gasteiger partial charge on any atom is 0.0146 e. The SMILES string of the molecule is C=CCc1ccc(C2=Cc3cc(-c4ccc(C(C)(C)c5ccccc5)cc4)ccc3C2C)cc1. The lowest BCUT2D eigenvalue weighted by Gasteiger charge is -2.26. The number of fused-ring (bicyclic) bond motifs is 1. The van der Waals surface area contributed by atoms with Gasteiger partial charge >= 0.3 is 0 Å². The van der Waals surface area contributed by atoms with Crippen LogP contribution in [0, 0.1) is 0 Å². The van der Waals surface area contributed by atoms with Crippen LogP contribution >= 0.6 is 0 Å². The molecule has 0 saturated heterocycles. The van der Waals surface area contributed by atoms with E-state index in [9.17, 15) is 0 Å². The molecule has 4 aromatic rings. The summed E-state index contributed by atoms with van der Waals surface area (Å²) in [6.45, 7) is 10.8. The van der Waals surface area contributed by atoms with E-state index in [4.69, 9.17) is 0 Å². The minimum atomic E-state index is -0.0218. The van der Waals surface area contributed by atoms with Crippen molar-refractivity contribution in [2.24, 2.45) is 0 Å². The minimum absolute atomic E-state index is 0.0218. The average molecular weight is 441 g/mol. The van der Waals surface area contributed by atoms with Gasteiger partial charge in [0.25, 0.3) is 0 Å². The monoisotopic (exact) mass is 440 g/mol. The Hall–Kier alpha value is -3.64. The van der Waals surface area contributed by atoms with Gasteiger partial charge in [-0.15, -0.1) is 6.58 Å². The zero-order chi connectivity index (χ0) is 23.7. The number of allylic oxidation sites excluding steroid dienone is 2. The molecule has 0 aromatic heterocycles. The molecule has 0 aliphatic heterocycles. The fourth-order valence-corrected chi connectivity index (χ4v) is 5.17. The van der Waals surface area contributed by atoms with Crippen molar-refractivity contribution in [3.05, 3.63) is 143 Å². The Morgan fingerprint density at radius 1 is 0.735 bits per heavy atom. The van der Waals surface area contributed by atoms with Gasteiger partial charge in [-0.2, -0.15) is 0 Å². The lowest BCUT2D eigenvalue weighted by atomic mass is 9.78. The van der Waals surface area contributed by atoms with Gasteiger partial charge in [0.1, 0.15) is 0 Å². The molecule has 0 N–H and O–H groups in total. The highest BCUT2D eigenvalue weighted by molar-refractivity contribution is 5.92. The third-order valence-electron chi connectivity index (χ3n) is 7.43. The highest BCUT2D eigenvalue weighted by atomic mass is 14.3. The smallest absolute Gasteiger partial charge is 0.0146 e. The Kier molecular flexibility index (Phi) is 5.84. The van der Waals surface area contributed by atoms with E-state index >= 15 is 0 Å². The number of hydrogen-bond donors (Lipinski definition) is 0. The lowest BCUT2D eigenvalue weighted by molar-refractivity contribution is 0.641. The van der Waals surface area contributed by atoms with Gasteiger partial charge in [0.05, 0.1) is 0 Å². The van der Waals surface area contributed by atoms with Gasteiger partial charge in [0.2, 0.25) is 0 Å². The van der Waals surface area contributed by atoms with E-state index in [0.717, 1.165) is 6.42 Å². The fraction of sp³-hybridized carbons (Fsp3) is 0.176. The highest BCUT2D eigenvalue weighted by Crippen LogP contribution is 2.43. The van der Waals surface area contributed by atoms with Gasteiger partial charge in [-0.1, -0.05) is 124 Å². The quantitative estimate of drug-likeness (QED) is 0.262. The Morgan fingerprint density at radius 3 is 2.03 bits per heavy atom. The van der Waals surface area contributed by atoms with Gasteiger partial charge in [-0.25, -0.2) is 0 Å². The first kappa shape index (κ1) is 22.2.